The summed E-state index contributed by atoms with van der Waals surface area (Å²) in [5, 5.41) is 0. The van der Waals surface area contributed by atoms with Crippen LogP contribution in [-0.2, 0) is 4.74 Å². The van der Waals surface area contributed by atoms with Gasteiger partial charge in [0, 0.05) is 0 Å². The lowest BCUT2D eigenvalue weighted by Gasteiger charge is -2.48. The molecule has 2 fully saturated rings. The zero-order chi connectivity index (χ0) is 14.4. The number of hydrogen-bond acceptors (Lipinski definition) is 1. The maximum atomic E-state index is 5.78. The fraction of sp³-hybridized carbons (Fsp3) is 0.400. The molecule has 1 nitrogen and oxygen atoms in total. The molecule has 4 rings (SSSR count). The van der Waals surface area contributed by atoms with E-state index in [0.29, 0.717) is 23.7 Å². The van der Waals surface area contributed by atoms with E-state index in [4.69, 9.17) is 4.74 Å². The van der Waals surface area contributed by atoms with Gasteiger partial charge in [0.25, 0.3) is 0 Å². The van der Waals surface area contributed by atoms with Crippen LogP contribution in [0.2, 0.25) is 0 Å². The fourth-order valence-corrected chi connectivity index (χ4v) is 4.20. The molecule has 1 heteroatoms. The van der Waals surface area contributed by atoms with Crippen molar-refractivity contribution < 1.29 is 4.74 Å². The molecule has 1 saturated carbocycles. The molecular weight excluding hydrogens is 256 g/mol. The minimum atomic E-state index is 0.626. The lowest BCUT2D eigenvalue weighted by atomic mass is 9.54. The van der Waals surface area contributed by atoms with Crippen molar-refractivity contribution in [3.63, 3.8) is 0 Å². The van der Waals surface area contributed by atoms with E-state index in [1.54, 1.807) is 0 Å². The highest BCUT2D eigenvalue weighted by atomic mass is 16.5. The molecule has 0 radical (unpaired) electrons. The largest absolute Gasteiger partial charge is 0.381 e. The molecule has 1 aliphatic carbocycles. The van der Waals surface area contributed by atoms with E-state index in [0.717, 1.165) is 13.2 Å². The van der Waals surface area contributed by atoms with Crippen LogP contribution in [0.15, 0.2) is 48.5 Å². The quantitative estimate of drug-likeness (QED) is 0.788. The first-order valence-corrected chi connectivity index (χ1v) is 7.95. The standard InChI is InChI=1S/C20H22O/c1-13-3-7-15(8-4-13)19-17-11-21-12-18(17)20(19)16-9-5-14(2)6-10-16/h3-10,17-20H,11-12H2,1-2H3/t17-,18+,19+,20-. The summed E-state index contributed by atoms with van der Waals surface area (Å²) in [5.41, 5.74) is 5.64. The molecule has 21 heavy (non-hydrogen) atoms. The molecule has 0 N–H and O–H groups in total. The van der Waals surface area contributed by atoms with E-state index in [1.807, 2.05) is 0 Å². The maximum absolute atomic E-state index is 5.78. The summed E-state index contributed by atoms with van der Waals surface area (Å²) in [6.45, 7) is 6.18. The van der Waals surface area contributed by atoms with Gasteiger partial charge in [-0.1, -0.05) is 59.7 Å². The highest BCUT2D eigenvalue weighted by Gasteiger charge is 2.54. The second kappa shape index (κ2) is 4.99. The van der Waals surface area contributed by atoms with Crippen LogP contribution < -0.4 is 0 Å². The van der Waals surface area contributed by atoms with Crippen molar-refractivity contribution in [1.29, 1.82) is 0 Å². The maximum Gasteiger partial charge on any atom is 0.0504 e. The van der Waals surface area contributed by atoms with Gasteiger partial charge in [-0.3, -0.25) is 0 Å². The number of aryl methyl sites for hydroxylation is 2. The molecule has 2 aromatic rings. The Morgan fingerprint density at radius 1 is 0.667 bits per heavy atom. The molecule has 1 heterocycles. The molecule has 0 unspecified atom stereocenters. The van der Waals surface area contributed by atoms with E-state index >= 15 is 0 Å². The smallest absolute Gasteiger partial charge is 0.0504 e. The van der Waals surface area contributed by atoms with Gasteiger partial charge >= 0.3 is 0 Å². The summed E-state index contributed by atoms with van der Waals surface area (Å²) in [7, 11) is 0. The molecule has 4 atom stereocenters. The Morgan fingerprint density at radius 2 is 1.05 bits per heavy atom. The predicted molar refractivity (Wildman–Crippen MR) is 85.6 cm³/mol. The molecule has 2 aromatic carbocycles. The number of rotatable bonds is 2. The van der Waals surface area contributed by atoms with Crippen LogP contribution in [0, 0.1) is 25.7 Å². The molecule has 0 bridgehead atoms. The Balaban J connectivity index is 1.70. The molecule has 108 valence electrons. The zero-order valence-electron chi connectivity index (χ0n) is 12.8. The Kier molecular flexibility index (Phi) is 3.11. The zero-order valence-corrected chi connectivity index (χ0v) is 12.8. The van der Waals surface area contributed by atoms with Crippen LogP contribution in [0.4, 0.5) is 0 Å². The molecule has 0 spiro atoms. The molecular formula is C20H22O. The second-order valence-electron chi connectivity index (χ2n) is 6.74. The van der Waals surface area contributed by atoms with Crippen molar-refractivity contribution >= 4 is 0 Å². The topological polar surface area (TPSA) is 9.23 Å². The summed E-state index contributed by atoms with van der Waals surface area (Å²) in [6.07, 6.45) is 0. The van der Waals surface area contributed by atoms with Crippen molar-refractivity contribution in [1.82, 2.24) is 0 Å². The van der Waals surface area contributed by atoms with Crippen molar-refractivity contribution in [2.75, 3.05) is 13.2 Å². The Morgan fingerprint density at radius 3 is 1.43 bits per heavy atom. The van der Waals surface area contributed by atoms with Crippen LogP contribution >= 0.6 is 0 Å². The summed E-state index contributed by atoms with van der Waals surface area (Å²) in [5.74, 6) is 2.67. The van der Waals surface area contributed by atoms with E-state index in [9.17, 15) is 0 Å². The van der Waals surface area contributed by atoms with Crippen LogP contribution in [0.5, 0.6) is 0 Å². The van der Waals surface area contributed by atoms with Crippen LogP contribution in [0.3, 0.4) is 0 Å². The second-order valence-corrected chi connectivity index (χ2v) is 6.74. The fourth-order valence-electron chi connectivity index (χ4n) is 4.20. The average molecular weight is 278 g/mol. The van der Waals surface area contributed by atoms with E-state index in [2.05, 4.69) is 62.4 Å². The third-order valence-electron chi connectivity index (χ3n) is 5.40. The van der Waals surface area contributed by atoms with Gasteiger partial charge in [-0.05, 0) is 48.6 Å². The minimum absolute atomic E-state index is 0.626. The van der Waals surface area contributed by atoms with Crippen LogP contribution in [-0.4, -0.2) is 13.2 Å². The number of hydrogen-bond donors (Lipinski definition) is 0. The van der Waals surface area contributed by atoms with Gasteiger partial charge in [-0.25, -0.2) is 0 Å². The van der Waals surface area contributed by atoms with Crippen LogP contribution in [0.1, 0.15) is 34.1 Å². The number of ether oxygens (including phenoxy) is 1. The van der Waals surface area contributed by atoms with Gasteiger partial charge in [-0.2, -0.15) is 0 Å². The van der Waals surface area contributed by atoms with Crippen molar-refractivity contribution in [3.8, 4) is 0 Å². The first-order chi connectivity index (χ1) is 10.2. The van der Waals surface area contributed by atoms with Gasteiger partial charge in [0.1, 0.15) is 0 Å². The van der Waals surface area contributed by atoms with E-state index in [-0.39, 0.29) is 0 Å². The Hall–Kier alpha value is -1.60. The lowest BCUT2D eigenvalue weighted by molar-refractivity contribution is 0.142. The van der Waals surface area contributed by atoms with Gasteiger partial charge in [-0.15, -0.1) is 0 Å². The summed E-state index contributed by atoms with van der Waals surface area (Å²) in [6, 6.07) is 18.2. The van der Waals surface area contributed by atoms with Gasteiger partial charge < -0.3 is 4.74 Å². The third kappa shape index (κ3) is 2.11. The monoisotopic (exact) mass is 278 g/mol. The molecule has 0 amide bonds. The Bertz CT molecular complexity index is 568. The summed E-state index contributed by atoms with van der Waals surface area (Å²) in [4.78, 5) is 0. The molecule has 1 saturated heterocycles. The number of fused-ring (bicyclic) bond motifs is 1. The SMILES string of the molecule is Cc1ccc([C@@H]2[C@H]3COC[C@H]3[C@@H]2c2ccc(C)cc2)cc1. The van der Waals surface area contributed by atoms with E-state index < -0.39 is 0 Å². The number of benzene rings is 2. The predicted octanol–water partition coefficient (Wildman–Crippen LogP) is 4.45. The first-order valence-electron chi connectivity index (χ1n) is 7.95. The van der Waals surface area contributed by atoms with Gasteiger partial charge in [0.05, 0.1) is 13.2 Å². The first kappa shape index (κ1) is 13.1. The minimum Gasteiger partial charge on any atom is -0.381 e. The van der Waals surface area contributed by atoms with Crippen molar-refractivity contribution in [2.24, 2.45) is 11.8 Å². The third-order valence-corrected chi connectivity index (χ3v) is 5.40. The summed E-state index contributed by atoms with van der Waals surface area (Å²) < 4.78 is 5.78. The average Bonchev–Trinajstić information content (AvgIpc) is 2.87. The highest BCUT2D eigenvalue weighted by Crippen LogP contribution is 2.60. The summed E-state index contributed by atoms with van der Waals surface area (Å²) >= 11 is 0. The molecule has 0 aromatic heterocycles. The van der Waals surface area contributed by atoms with Crippen LogP contribution in [0.25, 0.3) is 0 Å². The normalized spacial score (nSPS) is 30.8. The highest BCUT2D eigenvalue weighted by molar-refractivity contribution is 5.37. The molecule has 1 aliphatic heterocycles. The van der Waals surface area contributed by atoms with E-state index in [1.165, 1.54) is 22.3 Å². The van der Waals surface area contributed by atoms with Crippen molar-refractivity contribution in [3.05, 3.63) is 70.8 Å². The lowest BCUT2D eigenvalue weighted by Crippen LogP contribution is -2.42. The Labute approximate surface area is 127 Å². The molecule has 2 aliphatic rings. The van der Waals surface area contributed by atoms with Crippen molar-refractivity contribution in [2.45, 2.75) is 25.7 Å². The van der Waals surface area contributed by atoms with Gasteiger partial charge in [0.2, 0.25) is 0 Å². The van der Waals surface area contributed by atoms with Gasteiger partial charge in [0.15, 0.2) is 0 Å².